The molecule has 19 heavy (non-hydrogen) atoms. The van der Waals surface area contributed by atoms with Crippen LogP contribution in [0, 0.1) is 0 Å². The highest BCUT2D eigenvalue weighted by atomic mass is 16.5. The molecular weight excluding hydrogens is 242 g/mol. The van der Waals surface area contributed by atoms with Crippen molar-refractivity contribution in [3.05, 3.63) is 29.8 Å². The topological polar surface area (TPSA) is 67.6 Å². The molecule has 1 aromatic carbocycles. The Balaban J connectivity index is 1.75. The monoisotopic (exact) mass is 263 g/mol. The maximum atomic E-state index is 11.8. The number of likely N-dealkylation sites (N-methyl/N-ethyl adjacent to an activating group) is 1. The number of ether oxygens (including phenoxy) is 1. The third-order valence-electron chi connectivity index (χ3n) is 3.18. The van der Waals surface area contributed by atoms with Crippen LogP contribution in [-0.4, -0.2) is 50.2 Å². The van der Waals surface area contributed by atoms with E-state index in [0.29, 0.717) is 18.7 Å². The fourth-order valence-corrected chi connectivity index (χ4v) is 2.17. The number of carbonyl (C=O) groups excluding carboxylic acids is 1. The van der Waals surface area contributed by atoms with E-state index in [9.17, 15) is 4.79 Å². The summed E-state index contributed by atoms with van der Waals surface area (Å²) in [5.74, 6) is 0.00225. The predicted octanol–water partition coefficient (Wildman–Crippen LogP) is 0.258. The first-order valence-corrected chi connectivity index (χ1v) is 6.55. The molecule has 1 atom stereocenters. The Labute approximate surface area is 113 Å². The summed E-state index contributed by atoms with van der Waals surface area (Å²) in [7, 11) is 2.06. The number of amides is 1. The van der Waals surface area contributed by atoms with Crippen LogP contribution in [0.4, 0.5) is 5.69 Å². The molecule has 1 amide bonds. The quantitative estimate of drug-likeness (QED) is 0.765. The second kappa shape index (κ2) is 6.54. The Morgan fingerprint density at radius 2 is 2.42 bits per heavy atom. The molecule has 1 unspecified atom stereocenters. The second-order valence-electron chi connectivity index (χ2n) is 4.98. The van der Waals surface area contributed by atoms with Crippen molar-refractivity contribution in [1.29, 1.82) is 0 Å². The van der Waals surface area contributed by atoms with Crippen molar-refractivity contribution < 1.29 is 9.53 Å². The van der Waals surface area contributed by atoms with Crippen molar-refractivity contribution in [1.82, 2.24) is 10.2 Å². The summed E-state index contributed by atoms with van der Waals surface area (Å²) in [5.41, 5.74) is 7.30. The Bertz CT molecular complexity index is 436. The zero-order valence-corrected chi connectivity index (χ0v) is 11.3. The molecular formula is C14H21N3O2. The van der Waals surface area contributed by atoms with E-state index in [1.807, 2.05) is 24.3 Å². The van der Waals surface area contributed by atoms with Gasteiger partial charge in [-0.15, -0.1) is 0 Å². The van der Waals surface area contributed by atoms with Gasteiger partial charge in [-0.1, -0.05) is 12.1 Å². The molecule has 1 fully saturated rings. The van der Waals surface area contributed by atoms with Gasteiger partial charge < -0.3 is 20.7 Å². The summed E-state index contributed by atoms with van der Waals surface area (Å²) in [4.78, 5) is 14.0. The summed E-state index contributed by atoms with van der Waals surface area (Å²) in [6.07, 6.45) is 0.441. The normalized spacial score (nSPS) is 20.2. The van der Waals surface area contributed by atoms with E-state index in [1.165, 1.54) is 0 Å². The third-order valence-corrected chi connectivity index (χ3v) is 3.18. The van der Waals surface area contributed by atoms with Crippen LogP contribution in [-0.2, 0) is 16.0 Å². The number of nitrogen functional groups attached to an aromatic ring is 1. The van der Waals surface area contributed by atoms with Gasteiger partial charge in [0.05, 0.1) is 19.1 Å². The summed E-state index contributed by atoms with van der Waals surface area (Å²) < 4.78 is 5.59. The highest BCUT2D eigenvalue weighted by Gasteiger charge is 2.18. The lowest BCUT2D eigenvalue weighted by atomic mass is 10.1. The van der Waals surface area contributed by atoms with Gasteiger partial charge in [0.15, 0.2) is 0 Å². The van der Waals surface area contributed by atoms with Gasteiger partial charge in [0, 0.05) is 25.3 Å². The number of nitrogens with zero attached hydrogens (tertiary/aromatic N) is 1. The number of benzene rings is 1. The largest absolute Gasteiger partial charge is 0.399 e. The molecule has 0 aliphatic carbocycles. The molecule has 3 N–H and O–H groups in total. The number of morpholine rings is 1. The Morgan fingerprint density at radius 1 is 1.58 bits per heavy atom. The molecule has 1 heterocycles. The number of hydrogen-bond donors (Lipinski definition) is 2. The maximum absolute atomic E-state index is 11.8. The van der Waals surface area contributed by atoms with Gasteiger partial charge in [0.25, 0.3) is 0 Å². The minimum absolute atomic E-state index is 0.00225. The number of rotatable bonds is 4. The maximum Gasteiger partial charge on any atom is 0.224 e. The number of nitrogens with two attached hydrogens (primary N) is 1. The number of carbonyl (C=O) groups is 1. The lowest BCUT2D eigenvalue weighted by Crippen LogP contribution is -2.46. The van der Waals surface area contributed by atoms with Crippen LogP contribution in [0.5, 0.6) is 0 Å². The molecule has 0 radical (unpaired) electrons. The first-order chi connectivity index (χ1) is 9.13. The standard InChI is InChI=1S/C14H21N3O2/c1-17-5-6-19-13(10-17)9-16-14(18)8-11-3-2-4-12(15)7-11/h2-4,7,13H,5-6,8-10,15H2,1H3,(H,16,18). The highest BCUT2D eigenvalue weighted by molar-refractivity contribution is 5.78. The average molecular weight is 263 g/mol. The molecule has 0 saturated carbocycles. The van der Waals surface area contributed by atoms with Gasteiger partial charge in [0.1, 0.15) is 0 Å². The van der Waals surface area contributed by atoms with Crippen molar-refractivity contribution in [2.24, 2.45) is 0 Å². The van der Waals surface area contributed by atoms with Crippen LogP contribution in [0.2, 0.25) is 0 Å². The lowest BCUT2D eigenvalue weighted by Gasteiger charge is -2.30. The molecule has 1 saturated heterocycles. The van der Waals surface area contributed by atoms with Crippen molar-refractivity contribution >= 4 is 11.6 Å². The van der Waals surface area contributed by atoms with Crippen LogP contribution in [0.1, 0.15) is 5.56 Å². The molecule has 104 valence electrons. The molecule has 0 bridgehead atoms. The molecule has 1 aliphatic rings. The Hall–Kier alpha value is -1.59. The fraction of sp³-hybridized carbons (Fsp3) is 0.500. The van der Waals surface area contributed by atoms with Gasteiger partial charge >= 0.3 is 0 Å². The van der Waals surface area contributed by atoms with Gasteiger partial charge in [-0.05, 0) is 24.7 Å². The van der Waals surface area contributed by atoms with E-state index >= 15 is 0 Å². The van der Waals surface area contributed by atoms with Crippen LogP contribution >= 0.6 is 0 Å². The fourth-order valence-electron chi connectivity index (χ4n) is 2.17. The van der Waals surface area contributed by atoms with Crippen molar-refractivity contribution in [3.8, 4) is 0 Å². The molecule has 2 rings (SSSR count). The minimum Gasteiger partial charge on any atom is -0.399 e. The molecule has 0 spiro atoms. The average Bonchev–Trinajstić information content (AvgIpc) is 2.36. The molecule has 5 nitrogen and oxygen atoms in total. The highest BCUT2D eigenvalue weighted by Crippen LogP contribution is 2.07. The molecule has 1 aliphatic heterocycles. The Kier molecular flexibility index (Phi) is 4.76. The number of hydrogen-bond acceptors (Lipinski definition) is 4. The van der Waals surface area contributed by atoms with Gasteiger partial charge in [-0.25, -0.2) is 0 Å². The van der Waals surface area contributed by atoms with Gasteiger partial charge in [0.2, 0.25) is 5.91 Å². The Morgan fingerprint density at radius 3 is 3.16 bits per heavy atom. The summed E-state index contributed by atoms with van der Waals surface area (Å²) in [5, 5.41) is 2.91. The van der Waals surface area contributed by atoms with E-state index < -0.39 is 0 Å². The van der Waals surface area contributed by atoms with Gasteiger partial charge in [-0.2, -0.15) is 0 Å². The molecule has 0 aromatic heterocycles. The van der Waals surface area contributed by atoms with Gasteiger partial charge in [-0.3, -0.25) is 4.79 Å². The van der Waals surface area contributed by atoms with E-state index in [0.717, 1.165) is 25.3 Å². The van der Waals surface area contributed by atoms with E-state index in [1.54, 1.807) is 0 Å². The summed E-state index contributed by atoms with van der Waals surface area (Å²) in [6.45, 7) is 3.10. The smallest absolute Gasteiger partial charge is 0.224 e. The van der Waals surface area contributed by atoms with Crippen molar-refractivity contribution in [3.63, 3.8) is 0 Å². The summed E-state index contributed by atoms with van der Waals surface area (Å²) >= 11 is 0. The van der Waals surface area contributed by atoms with Crippen LogP contribution in [0.25, 0.3) is 0 Å². The van der Waals surface area contributed by atoms with Crippen molar-refractivity contribution in [2.45, 2.75) is 12.5 Å². The zero-order valence-electron chi connectivity index (χ0n) is 11.3. The molecule has 5 heteroatoms. The SMILES string of the molecule is CN1CCOC(CNC(=O)Cc2cccc(N)c2)C1. The number of nitrogens with one attached hydrogen (secondary N) is 1. The van der Waals surface area contributed by atoms with E-state index in [2.05, 4.69) is 17.3 Å². The first-order valence-electron chi connectivity index (χ1n) is 6.55. The second-order valence-corrected chi connectivity index (χ2v) is 4.98. The van der Waals surface area contributed by atoms with Crippen molar-refractivity contribution in [2.75, 3.05) is 39.0 Å². The number of anilines is 1. The lowest BCUT2D eigenvalue weighted by molar-refractivity contribution is -0.121. The van der Waals surface area contributed by atoms with Crippen LogP contribution in [0.3, 0.4) is 0 Å². The zero-order chi connectivity index (χ0) is 13.7. The molecule has 1 aromatic rings. The van der Waals surface area contributed by atoms with Crippen LogP contribution in [0.15, 0.2) is 24.3 Å². The predicted molar refractivity (Wildman–Crippen MR) is 74.8 cm³/mol. The van der Waals surface area contributed by atoms with Crippen LogP contribution < -0.4 is 11.1 Å². The van der Waals surface area contributed by atoms with E-state index in [4.69, 9.17) is 10.5 Å². The van der Waals surface area contributed by atoms with E-state index in [-0.39, 0.29) is 12.0 Å². The third kappa shape index (κ3) is 4.54. The first kappa shape index (κ1) is 13.8. The summed E-state index contributed by atoms with van der Waals surface area (Å²) in [6, 6.07) is 7.40. The minimum atomic E-state index is 0.00225.